The summed E-state index contributed by atoms with van der Waals surface area (Å²) in [5.41, 5.74) is 2.20. The number of fused-ring (bicyclic) bond motifs is 2. The minimum atomic E-state index is -3.94. The molecule has 20 heteroatoms. The molecule has 1 saturated heterocycles. The molecule has 8 aromatic rings. The third kappa shape index (κ3) is 10.7. The standard InChI is InChI=1S/C54H54N6O12S2/c1-59(2)44-19-11-18-43-42(44)17-12-20-47(43)74(65,66)32-30-70-53(62)58-52-56-50-49(51(57-52)69-29-31-73(63,64)41-15-9-6-10-16-41)55-35-60(50)48-33-45(61)46(72-48)34-71-54(36-13-7-5-8-14-36,37-21-25-39(67-3)26-22-37)38-23-27-40(68-4)28-24-38/h5-28,35,45-46,48,61H,29-34H2,1-4H3,(H,56,57,58,62)/t45-,46+,48+/m0/s1. The normalized spacial score (nSPS) is 16.0. The van der Waals surface area contributed by atoms with Gasteiger partial charge < -0.3 is 38.4 Å². The van der Waals surface area contributed by atoms with E-state index in [1.807, 2.05) is 110 Å². The van der Waals surface area contributed by atoms with E-state index in [9.17, 15) is 26.7 Å². The Morgan fingerprint density at radius 2 is 1.35 bits per heavy atom. The lowest BCUT2D eigenvalue weighted by Crippen LogP contribution is -2.38. The first-order valence-electron chi connectivity index (χ1n) is 23.5. The maximum absolute atomic E-state index is 13.7. The van der Waals surface area contributed by atoms with Gasteiger partial charge in [0.2, 0.25) is 11.8 Å². The Labute approximate surface area is 428 Å². The summed E-state index contributed by atoms with van der Waals surface area (Å²) in [4.78, 5) is 28.9. The molecule has 18 nitrogen and oxygen atoms in total. The highest BCUT2D eigenvalue weighted by Crippen LogP contribution is 2.43. The molecule has 3 heterocycles. The fourth-order valence-corrected chi connectivity index (χ4v) is 11.4. The molecule has 1 aliphatic heterocycles. The molecule has 384 valence electrons. The summed E-state index contributed by atoms with van der Waals surface area (Å²) in [5.74, 6) is -0.143. The Morgan fingerprint density at radius 3 is 2.00 bits per heavy atom. The van der Waals surface area contributed by atoms with Gasteiger partial charge in [-0.05, 0) is 65.2 Å². The molecule has 1 aliphatic rings. The van der Waals surface area contributed by atoms with Gasteiger partial charge in [-0.25, -0.2) is 26.6 Å². The van der Waals surface area contributed by atoms with E-state index in [-0.39, 0.29) is 52.4 Å². The molecule has 1 amide bonds. The second kappa shape index (κ2) is 21.8. The minimum absolute atomic E-state index is 0.0604. The number of benzene rings is 6. The van der Waals surface area contributed by atoms with Crippen LogP contribution >= 0.6 is 0 Å². The number of anilines is 2. The van der Waals surface area contributed by atoms with E-state index < -0.39 is 67.9 Å². The largest absolute Gasteiger partial charge is 0.497 e. The first-order chi connectivity index (χ1) is 35.7. The molecule has 0 radical (unpaired) electrons. The molecule has 0 bridgehead atoms. The minimum Gasteiger partial charge on any atom is -0.497 e. The molecule has 0 spiro atoms. The summed E-state index contributed by atoms with van der Waals surface area (Å²) in [6, 6.07) is 43.1. The van der Waals surface area contributed by atoms with Gasteiger partial charge in [-0.2, -0.15) is 9.97 Å². The number of imidazole rings is 1. The Hall–Kier alpha value is -7.62. The molecule has 0 aliphatic carbocycles. The van der Waals surface area contributed by atoms with Crippen LogP contribution in [-0.4, -0.2) is 119 Å². The number of carbonyl (C=O) groups is 1. The molecule has 0 unspecified atom stereocenters. The fraction of sp³-hybridized carbons (Fsp3) is 0.259. The summed E-state index contributed by atoms with van der Waals surface area (Å²) >= 11 is 0. The molecular formula is C54H54N6O12S2. The molecule has 6 aromatic carbocycles. The van der Waals surface area contributed by atoms with Gasteiger partial charge in [-0.3, -0.25) is 9.88 Å². The van der Waals surface area contributed by atoms with Crippen LogP contribution in [0.1, 0.15) is 29.3 Å². The maximum atomic E-state index is 13.7. The molecule has 3 atom stereocenters. The summed E-state index contributed by atoms with van der Waals surface area (Å²) in [7, 11) is -0.790. The van der Waals surface area contributed by atoms with Crippen LogP contribution in [0.4, 0.5) is 16.4 Å². The quantitative estimate of drug-likeness (QED) is 0.0702. The van der Waals surface area contributed by atoms with E-state index in [1.54, 1.807) is 55.2 Å². The summed E-state index contributed by atoms with van der Waals surface area (Å²) in [5, 5.41) is 15.4. The molecule has 2 N–H and O–H groups in total. The lowest BCUT2D eigenvalue weighted by molar-refractivity contribution is -0.0931. The van der Waals surface area contributed by atoms with Crippen LogP contribution in [0.15, 0.2) is 162 Å². The van der Waals surface area contributed by atoms with Crippen molar-refractivity contribution in [3.05, 3.63) is 169 Å². The van der Waals surface area contributed by atoms with Gasteiger partial charge >= 0.3 is 6.09 Å². The summed E-state index contributed by atoms with van der Waals surface area (Å²) < 4.78 is 91.2. The van der Waals surface area contributed by atoms with Crippen LogP contribution in [0.2, 0.25) is 0 Å². The molecule has 2 aromatic heterocycles. The van der Waals surface area contributed by atoms with Crippen LogP contribution in [0, 0.1) is 0 Å². The van der Waals surface area contributed by atoms with Crippen LogP contribution in [-0.2, 0) is 39.5 Å². The topological polar surface area (TPSA) is 220 Å². The average molecular weight is 1040 g/mol. The van der Waals surface area contributed by atoms with E-state index in [2.05, 4.69) is 20.3 Å². The van der Waals surface area contributed by atoms with Crippen molar-refractivity contribution in [1.82, 2.24) is 19.5 Å². The van der Waals surface area contributed by atoms with Crippen LogP contribution in [0.5, 0.6) is 17.4 Å². The first kappa shape index (κ1) is 51.3. The summed E-state index contributed by atoms with van der Waals surface area (Å²) in [6.07, 6.45) is -2.41. The van der Waals surface area contributed by atoms with Crippen molar-refractivity contribution in [2.24, 2.45) is 0 Å². The van der Waals surface area contributed by atoms with Gasteiger partial charge in [0.05, 0.1) is 54.6 Å². The summed E-state index contributed by atoms with van der Waals surface area (Å²) in [6.45, 7) is -0.965. The Morgan fingerprint density at radius 1 is 0.743 bits per heavy atom. The van der Waals surface area contributed by atoms with E-state index in [0.717, 1.165) is 27.8 Å². The number of methoxy groups -OCH3 is 2. The van der Waals surface area contributed by atoms with Crippen LogP contribution < -0.4 is 24.4 Å². The number of carbonyl (C=O) groups excluding carboxylic acids is 1. The molecule has 0 saturated carbocycles. The lowest BCUT2D eigenvalue weighted by atomic mass is 9.80. The zero-order valence-corrected chi connectivity index (χ0v) is 42.5. The highest BCUT2D eigenvalue weighted by Gasteiger charge is 2.42. The first-order valence-corrected chi connectivity index (χ1v) is 26.8. The average Bonchev–Trinajstić information content (AvgIpc) is 4.01. The van der Waals surface area contributed by atoms with Gasteiger partial charge in [0.25, 0.3) is 0 Å². The third-order valence-corrected chi connectivity index (χ3v) is 16.1. The predicted molar refractivity (Wildman–Crippen MR) is 277 cm³/mol. The number of aliphatic hydroxyl groups is 1. The highest BCUT2D eigenvalue weighted by molar-refractivity contribution is 7.91. The van der Waals surface area contributed by atoms with E-state index in [0.29, 0.717) is 16.9 Å². The van der Waals surface area contributed by atoms with Gasteiger partial charge in [-0.15, -0.1) is 0 Å². The van der Waals surface area contributed by atoms with E-state index in [1.165, 1.54) is 24.5 Å². The van der Waals surface area contributed by atoms with Crippen molar-refractivity contribution in [2.45, 2.75) is 40.2 Å². The Balaban J connectivity index is 0.973. The number of aliphatic hydroxyl groups excluding tert-OH is 1. The second-order valence-corrected chi connectivity index (χ2v) is 21.7. The second-order valence-electron chi connectivity index (χ2n) is 17.5. The zero-order chi connectivity index (χ0) is 52.0. The number of ether oxygens (including phenoxy) is 6. The lowest BCUT2D eigenvalue weighted by Gasteiger charge is -2.37. The van der Waals surface area contributed by atoms with Crippen LogP contribution in [0.25, 0.3) is 21.9 Å². The van der Waals surface area contributed by atoms with Gasteiger partial charge in [0.15, 0.2) is 30.8 Å². The molecule has 1 fully saturated rings. The number of nitrogens with one attached hydrogen (secondary N) is 1. The number of sulfone groups is 2. The van der Waals surface area contributed by atoms with Crippen molar-refractivity contribution in [3.8, 4) is 17.4 Å². The molecule has 9 rings (SSSR count). The Kier molecular flexibility index (Phi) is 15.1. The van der Waals surface area contributed by atoms with Crippen LogP contribution in [0.3, 0.4) is 0 Å². The zero-order valence-electron chi connectivity index (χ0n) is 40.9. The number of hydrogen-bond donors (Lipinski definition) is 2. The van der Waals surface area contributed by atoms with E-state index in [4.69, 9.17) is 28.4 Å². The van der Waals surface area contributed by atoms with E-state index >= 15 is 0 Å². The number of aromatic nitrogens is 4. The monoisotopic (exact) mass is 1040 g/mol. The van der Waals surface area contributed by atoms with Gasteiger partial charge in [0, 0.05) is 37.0 Å². The fourth-order valence-electron chi connectivity index (χ4n) is 8.98. The smallest absolute Gasteiger partial charge is 0.414 e. The van der Waals surface area contributed by atoms with Crippen molar-refractivity contribution in [1.29, 1.82) is 0 Å². The van der Waals surface area contributed by atoms with Crippen molar-refractivity contribution in [3.63, 3.8) is 0 Å². The van der Waals surface area contributed by atoms with Gasteiger partial charge in [0.1, 0.15) is 42.6 Å². The number of nitrogens with zero attached hydrogens (tertiary/aromatic N) is 5. The third-order valence-electron chi connectivity index (χ3n) is 12.7. The SMILES string of the molecule is COc1ccc(C(OC[C@H]2O[C@@H](n3cnc4c(OCCS(=O)(=O)c5ccccc5)nc(NC(=O)OCCS(=O)(=O)c5cccc6c(N(C)C)cccc56)nc43)C[C@@H]2O)(c2ccccc2)c2ccc(OC)cc2)cc1. The molecular weight excluding hydrogens is 989 g/mol. The number of rotatable bonds is 20. The number of hydrogen-bond acceptors (Lipinski definition) is 16. The molecule has 74 heavy (non-hydrogen) atoms. The predicted octanol–water partition coefficient (Wildman–Crippen LogP) is 7.59. The van der Waals surface area contributed by atoms with Crippen molar-refractivity contribution < 1.29 is 55.2 Å². The van der Waals surface area contributed by atoms with Crippen molar-refractivity contribution in [2.75, 3.05) is 69.9 Å². The maximum Gasteiger partial charge on any atom is 0.414 e. The van der Waals surface area contributed by atoms with Gasteiger partial charge in [-0.1, -0.05) is 97.1 Å². The highest BCUT2D eigenvalue weighted by atomic mass is 32.2. The number of amides is 1. The Bertz CT molecular complexity index is 3430. The van der Waals surface area contributed by atoms with Crippen molar-refractivity contribution >= 4 is 59.3 Å².